The van der Waals surface area contributed by atoms with Gasteiger partial charge in [-0.15, -0.1) is 11.3 Å². The zero-order chi connectivity index (χ0) is 20.2. The first-order chi connectivity index (χ1) is 14.2. The van der Waals surface area contributed by atoms with Crippen molar-refractivity contribution in [1.82, 2.24) is 4.57 Å². The Morgan fingerprint density at radius 3 is 2.72 bits per heavy atom. The number of hydrogen-bond donors (Lipinski definition) is 1. The summed E-state index contributed by atoms with van der Waals surface area (Å²) in [5.74, 6) is -0.191. The minimum atomic E-state index is -0.405. The number of ether oxygens (including phenoxy) is 1. The largest absolute Gasteiger partial charge is 0.494 e. The van der Waals surface area contributed by atoms with E-state index < -0.39 is 5.82 Å². The van der Waals surface area contributed by atoms with Crippen molar-refractivity contribution in [3.05, 3.63) is 76.7 Å². The number of fused-ring (bicyclic) bond motifs is 1. The van der Waals surface area contributed by atoms with Crippen LogP contribution in [-0.4, -0.2) is 23.4 Å². The summed E-state index contributed by atoms with van der Waals surface area (Å²) in [6.45, 7) is 0.666. The second-order valence-corrected chi connectivity index (χ2v) is 7.43. The maximum atomic E-state index is 14.3. The molecule has 0 fully saturated rings. The number of aliphatic hydroxyl groups is 1. The van der Waals surface area contributed by atoms with Crippen LogP contribution in [-0.2, 0) is 6.54 Å². The second kappa shape index (κ2) is 8.59. The van der Waals surface area contributed by atoms with E-state index in [1.54, 1.807) is 6.07 Å². The van der Waals surface area contributed by atoms with Crippen LogP contribution in [0.1, 0.15) is 6.42 Å². The zero-order valence-corrected chi connectivity index (χ0v) is 16.8. The van der Waals surface area contributed by atoms with Crippen molar-refractivity contribution in [1.29, 1.82) is 0 Å². The van der Waals surface area contributed by atoms with Gasteiger partial charge in [0.1, 0.15) is 0 Å². The lowest BCUT2D eigenvalue weighted by molar-refractivity contribution is 0.279. The lowest BCUT2D eigenvalue weighted by atomic mass is 10.1. The molecule has 0 saturated carbocycles. The number of aromatic nitrogens is 1. The van der Waals surface area contributed by atoms with Crippen LogP contribution in [0, 0.1) is 5.82 Å². The van der Waals surface area contributed by atoms with Crippen LogP contribution in [0.2, 0.25) is 0 Å². The van der Waals surface area contributed by atoms with Crippen molar-refractivity contribution in [2.75, 3.05) is 13.7 Å². The number of aliphatic hydroxyl groups excluding tert-OH is 1. The van der Waals surface area contributed by atoms with E-state index in [0.29, 0.717) is 13.0 Å². The predicted octanol–water partition coefficient (Wildman–Crippen LogP) is 5.13. The molecular weight excluding hydrogens is 387 g/mol. The number of thiazole rings is 1. The normalized spacial score (nSPS) is 11.9. The van der Waals surface area contributed by atoms with E-state index in [-0.39, 0.29) is 12.4 Å². The lowest BCUT2D eigenvalue weighted by Crippen LogP contribution is -2.16. The number of rotatable bonds is 6. The predicted molar refractivity (Wildman–Crippen MR) is 115 cm³/mol. The van der Waals surface area contributed by atoms with Crippen LogP contribution in [0.5, 0.6) is 5.75 Å². The van der Waals surface area contributed by atoms with Gasteiger partial charge in [0.05, 0.1) is 18.5 Å². The molecule has 0 bridgehead atoms. The zero-order valence-electron chi connectivity index (χ0n) is 16.0. The molecule has 6 heteroatoms. The summed E-state index contributed by atoms with van der Waals surface area (Å²) in [6.07, 6.45) is 0.588. The highest BCUT2D eigenvalue weighted by molar-refractivity contribution is 7.07. The van der Waals surface area contributed by atoms with Crippen LogP contribution in [0.4, 0.5) is 10.1 Å². The summed E-state index contributed by atoms with van der Waals surface area (Å²) >= 11 is 1.50. The molecule has 3 aromatic carbocycles. The minimum Gasteiger partial charge on any atom is -0.494 e. The molecule has 0 radical (unpaired) electrons. The summed E-state index contributed by atoms with van der Waals surface area (Å²) in [4.78, 5) is 5.71. The Kier molecular flexibility index (Phi) is 5.74. The fourth-order valence-corrected chi connectivity index (χ4v) is 4.28. The summed E-state index contributed by atoms with van der Waals surface area (Å²) in [5, 5.41) is 13.5. The molecule has 4 rings (SSSR count). The van der Waals surface area contributed by atoms with Gasteiger partial charge in [-0.25, -0.2) is 9.38 Å². The van der Waals surface area contributed by atoms with E-state index in [1.165, 1.54) is 24.5 Å². The minimum absolute atomic E-state index is 0.0764. The average Bonchev–Trinajstić information content (AvgIpc) is 3.14. The smallest absolute Gasteiger partial charge is 0.190 e. The van der Waals surface area contributed by atoms with Gasteiger partial charge in [-0.1, -0.05) is 36.4 Å². The highest BCUT2D eigenvalue weighted by Gasteiger charge is 2.12. The quantitative estimate of drug-likeness (QED) is 0.481. The first-order valence-corrected chi connectivity index (χ1v) is 10.2. The van der Waals surface area contributed by atoms with Crippen LogP contribution >= 0.6 is 11.3 Å². The van der Waals surface area contributed by atoms with Crippen LogP contribution < -0.4 is 9.54 Å². The monoisotopic (exact) mass is 408 g/mol. The molecule has 4 aromatic rings. The molecule has 4 nitrogen and oxygen atoms in total. The number of halogens is 1. The highest BCUT2D eigenvalue weighted by Crippen LogP contribution is 2.28. The molecular formula is C23H21FN2O2S. The van der Waals surface area contributed by atoms with Crippen molar-refractivity contribution < 1.29 is 14.2 Å². The van der Waals surface area contributed by atoms with Crippen LogP contribution in [0.25, 0.3) is 22.0 Å². The fourth-order valence-electron chi connectivity index (χ4n) is 3.33. The Hall–Kier alpha value is -2.96. The standard InChI is InChI=1S/C23H21FN2O2S/c1-28-22-11-10-17(14-19(22)24)21-15-29-23(26(21)12-5-13-27)25-20-9-4-7-16-6-2-3-8-18(16)20/h2-4,6-11,14-15,27H,5,12-13H2,1H3. The Morgan fingerprint density at radius 1 is 1.10 bits per heavy atom. The van der Waals surface area contributed by atoms with Gasteiger partial charge in [0, 0.05) is 29.5 Å². The van der Waals surface area contributed by atoms with Crippen molar-refractivity contribution in [3.63, 3.8) is 0 Å². The molecule has 0 aliphatic rings. The molecule has 0 saturated heterocycles. The third-order valence-corrected chi connectivity index (χ3v) is 5.63. The van der Waals surface area contributed by atoms with Gasteiger partial charge in [-0.3, -0.25) is 0 Å². The van der Waals surface area contributed by atoms with Gasteiger partial charge in [0.2, 0.25) is 0 Å². The van der Waals surface area contributed by atoms with Crippen LogP contribution in [0.3, 0.4) is 0 Å². The SMILES string of the molecule is COc1ccc(-c2csc(=Nc3cccc4ccccc34)n2CCCO)cc1F. The molecule has 0 spiro atoms. The molecule has 0 aliphatic carbocycles. The maximum Gasteiger partial charge on any atom is 0.190 e. The Bertz CT molecular complexity index is 1210. The topological polar surface area (TPSA) is 46.8 Å². The van der Waals surface area contributed by atoms with Gasteiger partial charge in [-0.05, 0) is 36.1 Å². The molecule has 1 heterocycles. The first kappa shape index (κ1) is 19.4. The average molecular weight is 408 g/mol. The second-order valence-electron chi connectivity index (χ2n) is 6.59. The van der Waals surface area contributed by atoms with E-state index in [4.69, 9.17) is 9.73 Å². The molecule has 148 valence electrons. The van der Waals surface area contributed by atoms with Gasteiger partial charge >= 0.3 is 0 Å². The number of nitrogens with zero attached hydrogens (tertiary/aromatic N) is 2. The highest BCUT2D eigenvalue weighted by atomic mass is 32.1. The Balaban J connectivity index is 1.86. The maximum absolute atomic E-state index is 14.3. The molecule has 0 aliphatic heterocycles. The van der Waals surface area contributed by atoms with Gasteiger partial charge in [0.25, 0.3) is 0 Å². The van der Waals surface area contributed by atoms with Gasteiger partial charge < -0.3 is 14.4 Å². The fraction of sp³-hybridized carbons (Fsp3) is 0.174. The third kappa shape index (κ3) is 3.95. The van der Waals surface area contributed by atoms with Crippen molar-refractivity contribution in [3.8, 4) is 17.0 Å². The van der Waals surface area contributed by atoms with Crippen molar-refractivity contribution in [2.24, 2.45) is 4.99 Å². The molecule has 0 amide bonds. The van der Waals surface area contributed by atoms with Crippen LogP contribution in [0.15, 0.2) is 71.0 Å². The molecule has 1 aromatic heterocycles. The molecule has 1 N–H and O–H groups in total. The summed E-state index contributed by atoms with van der Waals surface area (Å²) < 4.78 is 21.3. The summed E-state index contributed by atoms with van der Waals surface area (Å²) in [7, 11) is 1.45. The van der Waals surface area contributed by atoms with E-state index in [2.05, 4.69) is 18.2 Å². The molecule has 0 atom stereocenters. The van der Waals surface area contributed by atoms with Crippen molar-refractivity contribution in [2.45, 2.75) is 13.0 Å². The van der Waals surface area contributed by atoms with E-state index in [0.717, 1.165) is 32.5 Å². The van der Waals surface area contributed by atoms with E-state index >= 15 is 0 Å². The Labute approximate surface area is 172 Å². The van der Waals surface area contributed by atoms with Crippen molar-refractivity contribution >= 4 is 27.8 Å². The molecule has 29 heavy (non-hydrogen) atoms. The Morgan fingerprint density at radius 2 is 1.93 bits per heavy atom. The lowest BCUT2D eigenvalue weighted by Gasteiger charge is -2.10. The molecule has 0 unspecified atom stereocenters. The van der Waals surface area contributed by atoms with Gasteiger partial charge in [0.15, 0.2) is 16.4 Å². The van der Waals surface area contributed by atoms with E-state index in [9.17, 15) is 9.50 Å². The van der Waals surface area contributed by atoms with E-state index in [1.807, 2.05) is 40.3 Å². The number of hydrogen-bond acceptors (Lipinski definition) is 4. The van der Waals surface area contributed by atoms with Gasteiger partial charge in [-0.2, -0.15) is 0 Å². The first-order valence-electron chi connectivity index (χ1n) is 9.37. The summed E-state index contributed by atoms with van der Waals surface area (Å²) in [6, 6.07) is 19.1. The number of benzene rings is 3. The summed E-state index contributed by atoms with van der Waals surface area (Å²) in [5.41, 5.74) is 2.50. The third-order valence-electron chi connectivity index (χ3n) is 4.77. The number of methoxy groups -OCH3 is 1.